The zero-order valence-electron chi connectivity index (χ0n) is 12.6. The van der Waals surface area contributed by atoms with Crippen LogP contribution < -0.4 is 5.32 Å². The summed E-state index contributed by atoms with van der Waals surface area (Å²) in [5, 5.41) is 3.31. The molecule has 1 N–H and O–H groups in total. The molecule has 0 aliphatic heterocycles. The van der Waals surface area contributed by atoms with Gasteiger partial charge in [0.15, 0.2) is 5.78 Å². The van der Waals surface area contributed by atoms with Gasteiger partial charge in [0, 0.05) is 23.2 Å². The Morgan fingerprint density at radius 2 is 1.76 bits per heavy atom. The van der Waals surface area contributed by atoms with Crippen molar-refractivity contribution in [1.82, 2.24) is 5.32 Å². The third-order valence-corrected chi connectivity index (χ3v) is 4.58. The quantitative estimate of drug-likeness (QED) is 0.904. The monoisotopic (exact) mass is 283 g/mol. The fourth-order valence-electron chi connectivity index (χ4n) is 3.21. The first-order valence-corrected chi connectivity index (χ1v) is 7.72. The normalized spacial score (nSPS) is 25.3. The molecular formula is C18H21NO2. The van der Waals surface area contributed by atoms with Crippen LogP contribution in [0.25, 0.3) is 0 Å². The van der Waals surface area contributed by atoms with E-state index in [1.165, 1.54) is 18.9 Å². The molecule has 0 bridgehead atoms. The van der Waals surface area contributed by atoms with Crippen LogP contribution in [0.5, 0.6) is 0 Å². The van der Waals surface area contributed by atoms with E-state index in [9.17, 15) is 9.59 Å². The predicted molar refractivity (Wildman–Crippen MR) is 82.5 cm³/mol. The molecule has 1 fully saturated rings. The lowest BCUT2D eigenvalue weighted by molar-refractivity contribution is 0.0974. The zero-order chi connectivity index (χ0) is 15.0. The van der Waals surface area contributed by atoms with Crippen molar-refractivity contribution >= 4 is 11.6 Å². The molecular weight excluding hydrogens is 262 g/mol. The molecule has 110 valence electrons. The molecule has 1 saturated carbocycles. The van der Waals surface area contributed by atoms with E-state index >= 15 is 0 Å². The first-order valence-electron chi connectivity index (χ1n) is 7.72. The summed E-state index contributed by atoms with van der Waals surface area (Å²) in [5.74, 6) is 0.646. The smallest absolute Gasteiger partial charge is 0.209 e. The van der Waals surface area contributed by atoms with Gasteiger partial charge in [0.05, 0.1) is 5.70 Å². The summed E-state index contributed by atoms with van der Waals surface area (Å²) < 4.78 is 0. The Morgan fingerprint density at radius 3 is 2.48 bits per heavy atom. The number of rotatable bonds is 2. The van der Waals surface area contributed by atoms with Crippen molar-refractivity contribution < 1.29 is 9.59 Å². The lowest BCUT2D eigenvalue weighted by Crippen LogP contribution is -2.36. The molecule has 3 heteroatoms. The summed E-state index contributed by atoms with van der Waals surface area (Å²) in [5.41, 5.74) is 2.53. The van der Waals surface area contributed by atoms with Crippen molar-refractivity contribution in [2.75, 3.05) is 0 Å². The lowest BCUT2D eigenvalue weighted by atomic mass is 9.86. The molecule has 3 rings (SSSR count). The highest BCUT2D eigenvalue weighted by Gasteiger charge is 2.28. The fourth-order valence-corrected chi connectivity index (χ4v) is 3.21. The van der Waals surface area contributed by atoms with Crippen LogP contribution in [0, 0.1) is 12.8 Å². The van der Waals surface area contributed by atoms with Gasteiger partial charge in [-0.15, -0.1) is 0 Å². The SMILES string of the molecule is Cc1ccc2c(c1)C(=O)C(NC1CCC(C)CC1)=CC2=O. The van der Waals surface area contributed by atoms with Crippen LogP contribution in [-0.2, 0) is 0 Å². The molecule has 2 aliphatic rings. The molecule has 0 aromatic heterocycles. The summed E-state index contributed by atoms with van der Waals surface area (Å²) in [7, 11) is 0. The Bertz CT molecular complexity index is 622. The van der Waals surface area contributed by atoms with Crippen LogP contribution in [0.2, 0.25) is 0 Å². The summed E-state index contributed by atoms with van der Waals surface area (Å²) in [4.78, 5) is 24.7. The Balaban J connectivity index is 1.81. The number of nitrogens with one attached hydrogen (secondary N) is 1. The van der Waals surface area contributed by atoms with Gasteiger partial charge in [-0.3, -0.25) is 9.59 Å². The van der Waals surface area contributed by atoms with Gasteiger partial charge in [0.1, 0.15) is 0 Å². The summed E-state index contributed by atoms with van der Waals surface area (Å²) in [6.07, 6.45) is 5.98. The average molecular weight is 283 g/mol. The van der Waals surface area contributed by atoms with E-state index in [0.29, 0.717) is 22.9 Å². The maximum absolute atomic E-state index is 12.6. The van der Waals surface area contributed by atoms with E-state index in [2.05, 4.69) is 12.2 Å². The molecule has 0 saturated heterocycles. The number of allylic oxidation sites excluding steroid dienone is 2. The molecule has 0 atom stereocenters. The fraction of sp³-hybridized carbons (Fsp3) is 0.444. The third-order valence-electron chi connectivity index (χ3n) is 4.58. The van der Waals surface area contributed by atoms with E-state index in [4.69, 9.17) is 0 Å². The van der Waals surface area contributed by atoms with E-state index in [1.807, 2.05) is 19.1 Å². The highest BCUT2D eigenvalue weighted by Crippen LogP contribution is 2.26. The topological polar surface area (TPSA) is 46.2 Å². The van der Waals surface area contributed by atoms with E-state index in [0.717, 1.165) is 24.3 Å². The second-order valence-corrected chi connectivity index (χ2v) is 6.40. The molecule has 1 aromatic carbocycles. The predicted octanol–water partition coefficient (Wildman–Crippen LogP) is 3.43. The molecule has 1 aromatic rings. The maximum atomic E-state index is 12.6. The van der Waals surface area contributed by atoms with Crippen molar-refractivity contribution in [3.8, 4) is 0 Å². The molecule has 0 unspecified atom stereocenters. The maximum Gasteiger partial charge on any atom is 0.209 e. The van der Waals surface area contributed by atoms with Gasteiger partial charge in [-0.25, -0.2) is 0 Å². The number of carbonyl (C=O) groups excluding carboxylic acids is 2. The number of ketones is 2. The number of Topliss-reactive ketones (excluding diaryl/α,β-unsaturated/α-hetero) is 1. The number of aryl methyl sites for hydroxylation is 1. The van der Waals surface area contributed by atoms with Crippen LogP contribution in [0.1, 0.15) is 58.9 Å². The van der Waals surface area contributed by atoms with Crippen LogP contribution >= 0.6 is 0 Å². The van der Waals surface area contributed by atoms with Gasteiger partial charge in [-0.05, 0) is 44.6 Å². The second-order valence-electron chi connectivity index (χ2n) is 6.40. The Kier molecular flexibility index (Phi) is 3.66. The van der Waals surface area contributed by atoms with Crippen molar-refractivity contribution in [3.63, 3.8) is 0 Å². The highest BCUT2D eigenvalue weighted by atomic mass is 16.1. The summed E-state index contributed by atoms with van der Waals surface area (Å²) in [6, 6.07) is 5.75. The zero-order valence-corrected chi connectivity index (χ0v) is 12.6. The Hall–Kier alpha value is -1.90. The van der Waals surface area contributed by atoms with Crippen LogP contribution in [0.3, 0.4) is 0 Å². The van der Waals surface area contributed by atoms with Crippen molar-refractivity contribution in [2.24, 2.45) is 5.92 Å². The van der Waals surface area contributed by atoms with Gasteiger partial charge >= 0.3 is 0 Å². The molecule has 0 spiro atoms. The second kappa shape index (κ2) is 5.47. The Labute approximate surface area is 125 Å². The van der Waals surface area contributed by atoms with Crippen LogP contribution in [0.15, 0.2) is 30.0 Å². The van der Waals surface area contributed by atoms with Gasteiger partial charge in [0.2, 0.25) is 5.78 Å². The first-order chi connectivity index (χ1) is 10.0. The Morgan fingerprint density at radius 1 is 1.05 bits per heavy atom. The standard InChI is InChI=1S/C18H21NO2/c1-11-3-6-13(7-4-11)19-16-10-17(20)14-8-5-12(2)9-15(14)18(16)21/h5,8-11,13,19H,3-4,6-7H2,1-2H3. The van der Waals surface area contributed by atoms with Gasteiger partial charge < -0.3 is 5.32 Å². The number of benzene rings is 1. The van der Waals surface area contributed by atoms with Crippen LogP contribution in [0.4, 0.5) is 0 Å². The van der Waals surface area contributed by atoms with Gasteiger partial charge in [-0.2, -0.15) is 0 Å². The molecule has 3 nitrogen and oxygen atoms in total. The third kappa shape index (κ3) is 2.78. The van der Waals surface area contributed by atoms with Crippen LogP contribution in [-0.4, -0.2) is 17.6 Å². The lowest BCUT2D eigenvalue weighted by Gasteiger charge is -2.29. The minimum atomic E-state index is -0.0729. The van der Waals surface area contributed by atoms with E-state index in [1.54, 1.807) is 6.07 Å². The number of hydrogen-bond donors (Lipinski definition) is 1. The first kappa shape index (κ1) is 14.1. The molecule has 0 radical (unpaired) electrons. The molecule has 0 heterocycles. The van der Waals surface area contributed by atoms with Crippen molar-refractivity contribution in [1.29, 1.82) is 0 Å². The average Bonchev–Trinajstić information content (AvgIpc) is 2.46. The number of hydrogen-bond acceptors (Lipinski definition) is 3. The molecule has 0 amide bonds. The van der Waals surface area contributed by atoms with E-state index < -0.39 is 0 Å². The number of fused-ring (bicyclic) bond motifs is 1. The van der Waals surface area contributed by atoms with Crippen molar-refractivity contribution in [2.45, 2.75) is 45.6 Å². The highest BCUT2D eigenvalue weighted by molar-refractivity contribution is 6.24. The van der Waals surface area contributed by atoms with E-state index in [-0.39, 0.29) is 11.6 Å². The minimum absolute atomic E-state index is 0.0491. The largest absolute Gasteiger partial charge is 0.379 e. The van der Waals surface area contributed by atoms with Gasteiger partial charge in [-0.1, -0.05) is 24.6 Å². The summed E-state index contributed by atoms with van der Waals surface area (Å²) >= 11 is 0. The summed E-state index contributed by atoms with van der Waals surface area (Å²) in [6.45, 7) is 4.20. The number of carbonyl (C=O) groups is 2. The minimum Gasteiger partial charge on any atom is -0.379 e. The molecule has 21 heavy (non-hydrogen) atoms. The van der Waals surface area contributed by atoms with Gasteiger partial charge in [0.25, 0.3) is 0 Å². The van der Waals surface area contributed by atoms with Crippen molar-refractivity contribution in [3.05, 3.63) is 46.7 Å². The molecule has 2 aliphatic carbocycles.